The molecule has 0 aliphatic heterocycles. The Labute approximate surface area is 108 Å². The van der Waals surface area contributed by atoms with E-state index in [-0.39, 0.29) is 0 Å². The number of aromatic nitrogens is 2. The number of hydrogen-bond donors (Lipinski definition) is 1. The maximum absolute atomic E-state index is 10.1. The van der Waals surface area contributed by atoms with Crippen LogP contribution in [0.3, 0.4) is 0 Å². The Morgan fingerprint density at radius 3 is 2.50 bits per heavy atom. The van der Waals surface area contributed by atoms with Crippen LogP contribution < -0.4 is 0 Å². The highest BCUT2D eigenvalue weighted by molar-refractivity contribution is 5.18. The van der Waals surface area contributed by atoms with Gasteiger partial charge in [0.15, 0.2) is 0 Å². The zero-order valence-electron chi connectivity index (χ0n) is 10.8. The lowest BCUT2D eigenvalue weighted by Crippen LogP contribution is -2.05. The molecule has 0 fully saturated rings. The summed E-state index contributed by atoms with van der Waals surface area (Å²) in [5, 5.41) is 10.1. The minimum Gasteiger partial charge on any atom is -0.386 e. The summed E-state index contributed by atoms with van der Waals surface area (Å²) in [6, 6.07) is 7.84. The van der Waals surface area contributed by atoms with Gasteiger partial charge in [-0.3, -0.25) is 9.97 Å². The number of nitrogens with zero attached hydrogens (tertiary/aromatic N) is 2. The molecule has 3 nitrogen and oxygen atoms in total. The van der Waals surface area contributed by atoms with Crippen molar-refractivity contribution in [1.82, 2.24) is 9.97 Å². The summed E-state index contributed by atoms with van der Waals surface area (Å²) in [4.78, 5) is 8.58. The molecule has 18 heavy (non-hydrogen) atoms. The Bertz CT molecular complexity index is 491. The van der Waals surface area contributed by atoms with Gasteiger partial charge in [0.2, 0.25) is 0 Å². The van der Waals surface area contributed by atoms with Gasteiger partial charge in [0, 0.05) is 24.5 Å². The van der Waals surface area contributed by atoms with Crippen molar-refractivity contribution in [3.05, 3.63) is 59.2 Å². The van der Waals surface area contributed by atoms with Crippen LogP contribution in [0.25, 0.3) is 0 Å². The predicted octanol–water partition coefficient (Wildman–Crippen LogP) is 2.62. The minimum absolute atomic E-state index is 0.500. The molecular formula is C15H18N2O. The monoisotopic (exact) mass is 242 g/mol. The third-order valence-electron chi connectivity index (χ3n) is 2.97. The zero-order chi connectivity index (χ0) is 13.0. The molecule has 2 aromatic heterocycles. The summed E-state index contributed by atoms with van der Waals surface area (Å²) in [5.74, 6) is 0. The first kappa shape index (κ1) is 12.7. The molecule has 0 spiro atoms. The van der Waals surface area contributed by atoms with E-state index in [1.807, 2.05) is 31.3 Å². The quantitative estimate of drug-likeness (QED) is 0.896. The average molecular weight is 242 g/mol. The molecule has 1 atom stereocenters. The van der Waals surface area contributed by atoms with Crippen LogP contribution in [0.4, 0.5) is 0 Å². The van der Waals surface area contributed by atoms with Crippen LogP contribution in [0.1, 0.15) is 35.5 Å². The fourth-order valence-electron chi connectivity index (χ4n) is 1.76. The fourth-order valence-corrected chi connectivity index (χ4v) is 1.76. The molecule has 1 unspecified atom stereocenters. The first-order valence-electron chi connectivity index (χ1n) is 6.23. The van der Waals surface area contributed by atoms with Crippen LogP contribution in [0.15, 0.2) is 36.7 Å². The van der Waals surface area contributed by atoms with Crippen LogP contribution in [0.2, 0.25) is 0 Å². The van der Waals surface area contributed by atoms with Gasteiger partial charge in [-0.2, -0.15) is 0 Å². The van der Waals surface area contributed by atoms with Crippen LogP contribution in [0.5, 0.6) is 0 Å². The summed E-state index contributed by atoms with van der Waals surface area (Å²) in [7, 11) is 0. The minimum atomic E-state index is -0.592. The number of hydrogen-bond acceptors (Lipinski definition) is 3. The lowest BCUT2D eigenvalue weighted by Gasteiger charge is -2.10. The third kappa shape index (κ3) is 3.14. The molecular weight excluding hydrogens is 224 g/mol. The molecule has 94 valence electrons. The van der Waals surface area contributed by atoms with Gasteiger partial charge >= 0.3 is 0 Å². The lowest BCUT2D eigenvalue weighted by molar-refractivity contribution is 0.172. The summed E-state index contributed by atoms with van der Waals surface area (Å²) < 4.78 is 0. The van der Waals surface area contributed by atoms with Crippen LogP contribution in [-0.4, -0.2) is 15.1 Å². The molecule has 0 aromatic carbocycles. The molecule has 0 radical (unpaired) electrons. The van der Waals surface area contributed by atoms with Crippen molar-refractivity contribution in [2.75, 3.05) is 0 Å². The summed E-state index contributed by atoms with van der Waals surface area (Å²) >= 11 is 0. The molecule has 2 heterocycles. The van der Waals surface area contributed by atoms with Gasteiger partial charge < -0.3 is 5.11 Å². The normalized spacial score (nSPS) is 12.4. The average Bonchev–Trinajstić information content (AvgIpc) is 2.40. The standard InChI is InChI=1S/C15H18N2O/c1-3-12-5-6-13(16-10-12)8-15(18)14-7-4-11(2)9-17-14/h4-7,9-10,15,18H,3,8H2,1-2H3. The zero-order valence-corrected chi connectivity index (χ0v) is 10.8. The first-order chi connectivity index (χ1) is 8.69. The topological polar surface area (TPSA) is 46.0 Å². The highest BCUT2D eigenvalue weighted by atomic mass is 16.3. The van der Waals surface area contributed by atoms with E-state index in [4.69, 9.17) is 0 Å². The SMILES string of the molecule is CCc1ccc(CC(O)c2ccc(C)cn2)nc1. The molecule has 2 aromatic rings. The highest BCUT2D eigenvalue weighted by Gasteiger charge is 2.10. The molecule has 1 N–H and O–H groups in total. The molecule has 0 bridgehead atoms. The second-order valence-corrected chi connectivity index (χ2v) is 4.49. The smallest absolute Gasteiger partial charge is 0.101 e. The van der Waals surface area contributed by atoms with Crippen molar-refractivity contribution >= 4 is 0 Å². The number of aliphatic hydroxyl groups is 1. The first-order valence-corrected chi connectivity index (χ1v) is 6.23. The van der Waals surface area contributed by atoms with Crippen molar-refractivity contribution in [3.63, 3.8) is 0 Å². The fraction of sp³-hybridized carbons (Fsp3) is 0.333. The Kier molecular flexibility index (Phi) is 4.05. The van der Waals surface area contributed by atoms with Gasteiger partial charge in [0.1, 0.15) is 6.10 Å². The van der Waals surface area contributed by atoms with Gasteiger partial charge in [-0.15, -0.1) is 0 Å². The molecule has 3 heteroatoms. The number of pyridine rings is 2. The van der Waals surface area contributed by atoms with Crippen molar-refractivity contribution in [2.24, 2.45) is 0 Å². The van der Waals surface area contributed by atoms with Gasteiger partial charge in [0.25, 0.3) is 0 Å². The number of aliphatic hydroxyl groups excluding tert-OH is 1. The van der Waals surface area contributed by atoms with Gasteiger partial charge in [0.05, 0.1) is 5.69 Å². The van der Waals surface area contributed by atoms with Crippen molar-refractivity contribution < 1.29 is 5.11 Å². The number of aryl methyl sites for hydroxylation is 2. The van der Waals surface area contributed by atoms with E-state index in [0.29, 0.717) is 12.1 Å². The van der Waals surface area contributed by atoms with E-state index in [1.165, 1.54) is 5.56 Å². The largest absolute Gasteiger partial charge is 0.386 e. The Hall–Kier alpha value is -1.74. The summed E-state index contributed by atoms with van der Waals surface area (Å²) in [5.41, 5.74) is 3.89. The van der Waals surface area contributed by atoms with Crippen LogP contribution in [-0.2, 0) is 12.8 Å². The molecule has 0 saturated carbocycles. The van der Waals surface area contributed by atoms with E-state index >= 15 is 0 Å². The molecule has 0 amide bonds. The Morgan fingerprint density at radius 1 is 1.11 bits per heavy atom. The second kappa shape index (κ2) is 5.74. The van der Waals surface area contributed by atoms with Gasteiger partial charge in [-0.1, -0.05) is 19.1 Å². The molecule has 0 saturated heterocycles. The van der Waals surface area contributed by atoms with E-state index in [1.54, 1.807) is 6.20 Å². The summed E-state index contributed by atoms with van der Waals surface area (Å²) in [6.07, 6.45) is 4.53. The molecule has 0 aliphatic rings. The number of rotatable bonds is 4. The maximum Gasteiger partial charge on any atom is 0.101 e. The van der Waals surface area contributed by atoms with Crippen molar-refractivity contribution in [1.29, 1.82) is 0 Å². The maximum atomic E-state index is 10.1. The van der Waals surface area contributed by atoms with Crippen molar-refractivity contribution in [3.8, 4) is 0 Å². The highest BCUT2D eigenvalue weighted by Crippen LogP contribution is 2.15. The lowest BCUT2D eigenvalue weighted by atomic mass is 10.1. The third-order valence-corrected chi connectivity index (χ3v) is 2.97. The summed E-state index contributed by atoms with van der Waals surface area (Å²) in [6.45, 7) is 4.08. The van der Waals surface area contributed by atoms with Crippen LogP contribution in [0, 0.1) is 6.92 Å². The Balaban J connectivity index is 2.05. The van der Waals surface area contributed by atoms with E-state index in [9.17, 15) is 5.11 Å². The van der Waals surface area contributed by atoms with Crippen LogP contribution >= 0.6 is 0 Å². The van der Waals surface area contributed by atoms with E-state index in [0.717, 1.165) is 17.7 Å². The molecule has 2 rings (SSSR count). The van der Waals surface area contributed by atoms with E-state index in [2.05, 4.69) is 23.0 Å². The molecule has 0 aliphatic carbocycles. The Morgan fingerprint density at radius 2 is 1.94 bits per heavy atom. The predicted molar refractivity (Wildman–Crippen MR) is 71.3 cm³/mol. The van der Waals surface area contributed by atoms with E-state index < -0.39 is 6.10 Å². The van der Waals surface area contributed by atoms with Crippen molar-refractivity contribution in [2.45, 2.75) is 32.8 Å². The second-order valence-electron chi connectivity index (χ2n) is 4.49. The van der Waals surface area contributed by atoms with Gasteiger partial charge in [-0.05, 0) is 36.6 Å². The van der Waals surface area contributed by atoms with Gasteiger partial charge in [-0.25, -0.2) is 0 Å².